The summed E-state index contributed by atoms with van der Waals surface area (Å²) in [6, 6.07) is 6.61. The average molecular weight is 390 g/mol. The molecule has 0 heterocycles. The number of hydrogen-bond acceptors (Lipinski definition) is 5. The van der Waals surface area contributed by atoms with E-state index < -0.39 is 10.9 Å². The molecule has 0 unspecified atom stereocenters. The number of carbonyl (C=O) groups is 2. The molecule has 2 N–H and O–H groups in total. The van der Waals surface area contributed by atoms with Crippen LogP contribution in [0.1, 0.15) is 38.2 Å². The molecule has 0 saturated heterocycles. The Labute approximate surface area is 163 Å². The van der Waals surface area contributed by atoms with E-state index in [9.17, 15) is 19.7 Å². The largest absolute Gasteiger partial charge is 0.480 e. The third kappa shape index (κ3) is 4.98. The molecule has 0 radical (unpaired) electrons. The summed E-state index contributed by atoms with van der Waals surface area (Å²) in [5.74, 6) is -0.841. The molecular weight excluding hydrogens is 364 g/mol. The lowest BCUT2D eigenvalue weighted by Crippen LogP contribution is -2.57. The number of carbonyl (C=O) groups excluding carboxylic acids is 1. The summed E-state index contributed by atoms with van der Waals surface area (Å²) in [6.07, 6.45) is 3.36. The predicted octanol–water partition coefficient (Wildman–Crippen LogP) is 2.21. The Bertz CT molecular complexity index is 746. The zero-order valence-corrected chi connectivity index (χ0v) is 15.9. The van der Waals surface area contributed by atoms with Crippen molar-refractivity contribution in [2.24, 2.45) is 0 Å². The van der Waals surface area contributed by atoms with Gasteiger partial charge in [0.05, 0.1) is 11.5 Å². The van der Waals surface area contributed by atoms with E-state index in [1.165, 1.54) is 12.1 Å². The molecule has 2 saturated carbocycles. The number of benzene rings is 1. The Balaban J connectivity index is 1.54. The van der Waals surface area contributed by atoms with Crippen LogP contribution in [0.3, 0.4) is 0 Å². The van der Waals surface area contributed by atoms with Gasteiger partial charge in [-0.15, -0.1) is 0 Å². The molecule has 0 aromatic heterocycles. The zero-order valence-electron chi connectivity index (χ0n) is 15.9. The van der Waals surface area contributed by atoms with Crippen LogP contribution in [0.5, 0.6) is 0 Å². The van der Waals surface area contributed by atoms with Crippen LogP contribution in [0.4, 0.5) is 10.5 Å². The molecule has 0 atom stereocenters. The highest BCUT2D eigenvalue weighted by atomic mass is 16.6. The van der Waals surface area contributed by atoms with Crippen LogP contribution < -0.4 is 5.32 Å². The number of rotatable bonds is 9. The summed E-state index contributed by atoms with van der Waals surface area (Å²) >= 11 is 0. The molecule has 2 fully saturated rings. The second kappa shape index (κ2) is 8.55. The van der Waals surface area contributed by atoms with E-state index in [2.05, 4.69) is 5.32 Å². The van der Waals surface area contributed by atoms with E-state index in [0.717, 1.165) is 31.2 Å². The van der Waals surface area contributed by atoms with Gasteiger partial charge in [-0.1, -0.05) is 19.1 Å². The SMILES string of the molecule is CCN(CC(=O)O)C1CC(NC(=O)N(Cc2cccc([N+](=O)[O-])c2)C2CC2)C1. The molecule has 0 bridgehead atoms. The number of nitro benzene ring substituents is 1. The van der Waals surface area contributed by atoms with Gasteiger partial charge in [-0.3, -0.25) is 19.8 Å². The number of likely N-dealkylation sites (N-methyl/N-ethyl adjacent to an activating group) is 1. The number of urea groups is 1. The molecule has 28 heavy (non-hydrogen) atoms. The Hall–Kier alpha value is -2.68. The maximum atomic E-state index is 12.7. The van der Waals surface area contributed by atoms with Crippen molar-refractivity contribution in [2.75, 3.05) is 13.1 Å². The normalized spacial score (nSPS) is 21.1. The van der Waals surface area contributed by atoms with E-state index in [0.29, 0.717) is 13.1 Å². The standard InChI is InChI=1S/C19H26N4O5/c1-2-21(12-18(24)25)17-9-14(10-17)20-19(26)22(15-6-7-15)11-13-4-3-5-16(8-13)23(27)28/h3-5,8,14-15,17H,2,6-7,9-12H2,1H3,(H,20,26)(H,24,25). The van der Waals surface area contributed by atoms with E-state index >= 15 is 0 Å². The van der Waals surface area contributed by atoms with Crippen LogP contribution in [0.25, 0.3) is 0 Å². The second-order valence-electron chi connectivity index (χ2n) is 7.51. The topological polar surface area (TPSA) is 116 Å². The number of nitro groups is 1. The van der Waals surface area contributed by atoms with Crippen molar-refractivity contribution in [1.29, 1.82) is 0 Å². The van der Waals surface area contributed by atoms with Crippen LogP contribution in [0.2, 0.25) is 0 Å². The van der Waals surface area contributed by atoms with Gasteiger partial charge in [0.25, 0.3) is 5.69 Å². The van der Waals surface area contributed by atoms with Gasteiger partial charge in [0.15, 0.2) is 0 Å². The van der Waals surface area contributed by atoms with E-state index in [-0.39, 0.29) is 36.4 Å². The first kappa shape index (κ1) is 20.1. The van der Waals surface area contributed by atoms with Crippen molar-refractivity contribution in [1.82, 2.24) is 15.1 Å². The minimum absolute atomic E-state index is 0.0167. The van der Waals surface area contributed by atoms with Gasteiger partial charge in [0, 0.05) is 36.8 Å². The molecule has 152 valence electrons. The molecule has 0 spiro atoms. The van der Waals surface area contributed by atoms with E-state index in [4.69, 9.17) is 5.11 Å². The summed E-state index contributed by atoms with van der Waals surface area (Å²) in [6.45, 7) is 2.96. The molecular formula is C19H26N4O5. The highest BCUT2D eigenvalue weighted by Crippen LogP contribution is 2.30. The number of hydrogen-bond donors (Lipinski definition) is 2. The fraction of sp³-hybridized carbons (Fsp3) is 0.579. The smallest absolute Gasteiger partial charge is 0.318 e. The number of non-ortho nitro benzene ring substituents is 1. The quantitative estimate of drug-likeness (QED) is 0.493. The maximum Gasteiger partial charge on any atom is 0.318 e. The van der Waals surface area contributed by atoms with Gasteiger partial charge >= 0.3 is 12.0 Å². The first-order valence-electron chi connectivity index (χ1n) is 9.63. The molecule has 1 aromatic rings. The lowest BCUT2D eigenvalue weighted by atomic mass is 9.85. The summed E-state index contributed by atoms with van der Waals surface area (Å²) in [5.41, 5.74) is 0.759. The number of nitrogens with zero attached hydrogens (tertiary/aromatic N) is 3. The number of aliphatic carboxylic acids is 1. The molecule has 9 heteroatoms. The van der Waals surface area contributed by atoms with Gasteiger partial charge in [-0.25, -0.2) is 4.79 Å². The van der Waals surface area contributed by atoms with Gasteiger partial charge in [0.1, 0.15) is 0 Å². The first-order chi connectivity index (χ1) is 13.4. The second-order valence-corrected chi connectivity index (χ2v) is 7.51. The number of carboxylic acid groups (broad SMARTS) is 1. The van der Waals surface area contributed by atoms with Gasteiger partial charge in [-0.05, 0) is 37.8 Å². The third-order valence-electron chi connectivity index (χ3n) is 5.42. The minimum Gasteiger partial charge on any atom is -0.480 e. The molecule has 1 aromatic carbocycles. The van der Waals surface area contributed by atoms with Gasteiger partial charge in [0.2, 0.25) is 0 Å². The summed E-state index contributed by atoms with van der Waals surface area (Å²) < 4.78 is 0. The van der Waals surface area contributed by atoms with Crippen LogP contribution in [0.15, 0.2) is 24.3 Å². The van der Waals surface area contributed by atoms with E-state index in [1.54, 1.807) is 17.0 Å². The summed E-state index contributed by atoms with van der Waals surface area (Å²) in [7, 11) is 0. The van der Waals surface area contributed by atoms with Crippen molar-refractivity contribution in [2.45, 2.75) is 57.3 Å². The highest BCUT2D eigenvalue weighted by molar-refractivity contribution is 5.75. The van der Waals surface area contributed by atoms with Gasteiger partial charge < -0.3 is 15.3 Å². The number of nitrogens with one attached hydrogen (secondary N) is 1. The molecule has 9 nitrogen and oxygen atoms in total. The Kier molecular flexibility index (Phi) is 6.13. The van der Waals surface area contributed by atoms with Crippen molar-refractivity contribution < 1.29 is 19.6 Å². The number of amides is 2. The fourth-order valence-corrected chi connectivity index (χ4v) is 3.65. The summed E-state index contributed by atoms with van der Waals surface area (Å²) in [5, 5.41) is 23.0. The van der Waals surface area contributed by atoms with Gasteiger partial charge in [-0.2, -0.15) is 0 Å². The maximum absolute atomic E-state index is 12.7. The first-order valence-corrected chi connectivity index (χ1v) is 9.63. The molecule has 2 aliphatic rings. The van der Waals surface area contributed by atoms with Crippen molar-refractivity contribution in [3.8, 4) is 0 Å². The third-order valence-corrected chi connectivity index (χ3v) is 5.42. The predicted molar refractivity (Wildman–Crippen MR) is 102 cm³/mol. The Morgan fingerprint density at radius 3 is 2.57 bits per heavy atom. The fourth-order valence-electron chi connectivity index (χ4n) is 3.65. The molecule has 2 amide bonds. The molecule has 3 rings (SSSR count). The summed E-state index contributed by atoms with van der Waals surface area (Å²) in [4.78, 5) is 37.9. The molecule has 0 aliphatic heterocycles. The van der Waals surface area contributed by atoms with Crippen LogP contribution in [-0.2, 0) is 11.3 Å². The number of carboxylic acids is 1. The van der Waals surface area contributed by atoms with Crippen molar-refractivity contribution in [3.05, 3.63) is 39.9 Å². The minimum atomic E-state index is -0.841. The van der Waals surface area contributed by atoms with E-state index in [1.807, 2.05) is 11.8 Å². The monoisotopic (exact) mass is 390 g/mol. The van der Waals surface area contributed by atoms with Crippen LogP contribution in [0, 0.1) is 10.1 Å². The van der Waals surface area contributed by atoms with Crippen LogP contribution in [-0.4, -0.2) is 63.0 Å². The Morgan fingerprint density at radius 2 is 2.00 bits per heavy atom. The lowest BCUT2D eigenvalue weighted by Gasteiger charge is -2.42. The Morgan fingerprint density at radius 1 is 1.29 bits per heavy atom. The van der Waals surface area contributed by atoms with Crippen molar-refractivity contribution in [3.63, 3.8) is 0 Å². The average Bonchev–Trinajstić information content (AvgIpc) is 3.45. The zero-order chi connectivity index (χ0) is 20.3. The lowest BCUT2D eigenvalue weighted by molar-refractivity contribution is -0.384. The van der Waals surface area contributed by atoms with Crippen molar-refractivity contribution >= 4 is 17.7 Å². The molecule has 2 aliphatic carbocycles. The van der Waals surface area contributed by atoms with Crippen LogP contribution >= 0.6 is 0 Å². The highest BCUT2D eigenvalue weighted by Gasteiger charge is 2.38.